The molecule has 0 fully saturated rings. The molecular weight excluding hydrogens is 410 g/mol. The summed E-state index contributed by atoms with van der Waals surface area (Å²) in [6, 6.07) is 3.45. The van der Waals surface area contributed by atoms with E-state index in [1.165, 1.54) is 21.0 Å². The molecule has 0 aliphatic rings. The number of ether oxygens (including phenoxy) is 1. The predicted molar refractivity (Wildman–Crippen MR) is 107 cm³/mol. The normalized spacial score (nSPS) is 9.74. The van der Waals surface area contributed by atoms with Crippen molar-refractivity contribution in [2.75, 3.05) is 7.11 Å². The van der Waals surface area contributed by atoms with Gasteiger partial charge < -0.3 is 18.3 Å². The highest BCUT2D eigenvalue weighted by Crippen LogP contribution is 2.18. The van der Waals surface area contributed by atoms with Gasteiger partial charge in [-0.2, -0.15) is 0 Å². The van der Waals surface area contributed by atoms with Gasteiger partial charge in [0.05, 0.1) is 30.6 Å². The van der Waals surface area contributed by atoms with E-state index in [2.05, 4.69) is 24.7 Å². The fourth-order valence-electron chi connectivity index (χ4n) is 2.17. The lowest BCUT2D eigenvalue weighted by molar-refractivity contribution is -0.143. The Hall–Kier alpha value is -3.76. The zero-order valence-electron chi connectivity index (χ0n) is 18.2. The number of H-pyrrole nitrogens is 1. The summed E-state index contributed by atoms with van der Waals surface area (Å²) in [5.41, 5.74) is 2.15. The predicted octanol–water partition coefficient (Wildman–Crippen LogP) is 2.49. The number of esters is 1. The number of carbonyl (C=O) groups is 3. The van der Waals surface area contributed by atoms with Gasteiger partial charge in [0.1, 0.15) is 29.3 Å². The Balaban J connectivity index is 0.000000242. The first-order chi connectivity index (χ1) is 14.5. The molecule has 0 atom stereocenters. The number of rotatable bonds is 5. The summed E-state index contributed by atoms with van der Waals surface area (Å²) in [5.74, 6) is 0.528. The van der Waals surface area contributed by atoms with Gasteiger partial charge in [-0.25, -0.2) is 9.95 Å². The fourth-order valence-corrected chi connectivity index (χ4v) is 2.17. The molecule has 31 heavy (non-hydrogen) atoms. The van der Waals surface area contributed by atoms with Crippen molar-refractivity contribution < 1.29 is 32.7 Å². The standard InChI is InChI=1S/C8H8N2O3.C7H9NO2.C5H8O3/c1-4-3-6(12-9-4)7-5(2)10-13-8(7)11;1-5-3-7(10-8-5)4-6(2)9;1-4(6)3-5(7)8-2/h3,10H,1-2H3;3H,4H2,1-2H3;3H2,1-2H3. The number of nitrogens with zero attached hydrogens (tertiary/aromatic N) is 2. The molecule has 168 valence electrons. The molecule has 0 radical (unpaired) electrons. The first-order valence-corrected chi connectivity index (χ1v) is 9.13. The number of ketones is 2. The lowest BCUT2D eigenvalue weighted by Crippen LogP contribution is -2.05. The summed E-state index contributed by atoms with van der Waals surface area (Å²) >= 11 is 0. The number of aryl methyl sites for hydroxylation is 3. The first-order valence-electron chi connectivity index (χ1n) is 9.13. The van der Waals surface area contributed by atoms with Gasteiger partial charge in [0.25, 0.3) is 0 Å². The van der Waals surface area contributed by atoms with Crippen LogP contribution in [0.15, 0.2) is 30.5 Å². The molecule has 0 aliphatic carbocycles. The van der Waals surface area contributed by atoms with Crippen molar-refractivity contribution in [1.82, 2.24) is 15.5 Å². The molecular formula is C20H25N3O8. The topological polar surface area (TPSA) is 158 Å². The molecule has 0 saturated carbocycles. The average Bonchev–Trinajstić information content (AvgIpc) is 3.36. The van der Waals surface area contributed by atoms with Crippen LogP contribution in [-0.4, -0.2) is 40.1 Å². The summed E-state index contributed by atoms with van der Waals surface area (Å²) in [7, 11) is 1.26. The molecule has 1 N–H and O–H groups in total. The van der Waals surface area contributed by atoms with E-state index in [0.29, 0.717) is 29.2 Å². The number of nitrogens with one attached hydrogen (secondary N) is 1. The average molecular weight is 435 g/mol. The first kappa shape index (κ1) is 25.3. The zero-order valence-corrected chi connectivity index (χ0v) is 18.2. The maximum absolute atomic E-state index is 11.2. The summed E-state index contributed by atoms with van der Waals surface area (Å²) in [6.07, 6.45) is 0.233. The minimum absolute atomic E-state index is 0.0937. The van der Waals surface area contributed by atoms with Crippen LogP contribution in [-0.2, 0) is 25.5 Å². The smallest absolute Gasteiger partial charge is 0.368 e. The van der Waals surface area contributed by atoms with E-state index in [1.807, 2.05) is 6.92 Å². The highest BCUT2D eigenvalue weighted by Gasteiger charge is 2.15. The quantitative estimate of drug-likeness (QED) is 0.466. The molecule has 0 unspecified atom stereocenters. The monoisotopic (exact) mass is 435 g/mol. The molecule has 0 aliphatic heterocycles. The molecule has 0 aromatic carbocycles. The van der Waals surface area contributed by atoms with Crippen LogP contribution in [0.3, 0.4) is 0 Å². The van der Waals surface area contributed by atoms with Crippen LogP contribution < -0.4 is 5.63 Å². The van der Waals surface area contributed by atoms with Gasteiger partial charge in [-0.1, -0.05) is 10.3 Å². The van der Waals surface area contributed by atoms with Gasteiger partial charge in [-0.15, -0.1) is 0 Å². The molecule has 11 heteroatoms. The van der Waals surface area contributed by atoms with Gasteiger partial charge in [-0.3, -0.25) is 14.4 Å². The lowest BCUT2D eigenvalue weighted by Gasteiger charge is -1.90. The minimum atomic E-state index is -0.475. The highest BCUT2D eigenvalue weighted by molar-refractivity contribution is 5.93. The molecule has 3 aromatic rings. The Morgan fingerprint density at radius 1 is 1.00 bits per heavy atom. The van der Waals surface area contributed by atoms with E-state index < -0.39 is 11.6 Å². The van der Waals surface area contributed by atoms with Crippen molar-refractivity contribution in [2.45, 2.75) is 47.5 Å². The Morgan fingerprint density at radius 2 is 1.61 bits per heavy atom. The van der Waals surface area contributed by atoms with E-state index in [1.54, 1.807) is 26.0 Å². The van der Waals surface area contributed by atoms with Gasteiger partial charge in [0.2, 0.25) is 0 Å². The molecule has 3 heterocycles. The molecule has 0 spiro atoms. The van der Waals surface area contributed by atoms with Crippen molar-refractivity contribution in [3.8, 4) is 11.3 Å². The number of aromatic nitrogens is 3. The molecule has 3 rings (SSSR count). The van der Waals surface area contributed by atoms with E-state index >= 15 is 0 Å². The van der Waals surface area contributed by atoms with Gasteiger partial charge in [-0.05, 0) is 34.6 Å². The number of hydrogen-bond acceptors (Lipinski definition) is 10. The third-order valence-electron chi connectivity index (χ3n) is 3.47. The molecule has 11 nitrogen and oxygen atoms in total. The summed E-state index contributed by atoms with van der Waals surface area (Å²) in [5, 5.41) is 9.80. The van der Waals surface area contributed by atoms with Crippen LogP contribution in [0.4, 0.5) is 0 Å². The third kappa shape index (κ3) is 9.07. The van der Waals surface area contributed by atoms with Gasteiger partial charge >= 0.3 is 11.6 Å². The molecule has 0 saturated heterocycles. The number of aromatic amines is 1. The second kappa shape index (κ2) is 12.1. The Labute approximate surface area is 177 Å². The lowest BCUT2D eigenvalue weighted by atomic mass is 10.2. The van der Waals surface area contributed by atoms with Crippen LogP contribution >= 0.6 is 0 Å². The number of methoxy groups -OCH3 is 1. The second-order valence-electron chi connectivity index (χ2n) is 6.59. The van der Waals surface area contributed by atoms with Crippen molar-refractivity contribution in [3.05, 3.63) is 45.4 Å². The SMILES string of the molecule is CC(=O)Cc1cc(C)no1.COC(=O)CC(C)=O.Cc1cc(-c2c(C)[nH]oc2=O)on1. The van der Waals surface area contributed by atoms with Crippen molar-refractivity contribution in [1.29, 1.82) is 0 Å². The van der Waals surface area contributed by atoms with Gasteiger partial charge in [0, 0.05) is 12.1 Å². The Bertz CT molecular complexity index is 1070. The number of hydrogen-bond donors (Lipinski definition) is 1. The van der Waals surface area contributed by atoms with Crippen molar-refractivity contribution in [3.63, 3.8) is 0 Å². The number of Topliss-reactive ketones (excluding diaryl/α,β-unsaturated/α-hetero) is 2. The van der Waals surface area contributed by atoms with E-state index in [-0.39, 0.29) is 18.0 Å². The third-order valence-corrected chi connectivity index (χ3v) is 3.47. The molecule has 0 bridgehead atoms. The summed E-state index contributed by atoms with van der Waals surface area (Å²) < 4.78 is 18.5. The van der Waals surface area contributed by atoms with E-state index in [4.69, 9.17) is 9.05 Å². The minimum Gasteiger partial charge on any atom is -0.469 e. The zero-order chi connectivity index (χ0) is 23.6. The van der Waals surface area contributed by atoms with Crippen LogP contribution in [0.2, 0.25) is 0 Å². The number of carbonyl (C=O) groups excluding carboxylic acids is 3. The van der Waals surface area contributed by atoms with E-state index in [9.17, 15) is 19.2 Å². The van der Waals surface area contributed by atoms with E-state index in [0.717, 1.165) is 11.4 Å². The van der Waals surface area contributed by atoms with Gasteiger partial charge in [0.15, 0.2) is 5.76 Å². The largest absolute Gasteiger partial charge is 0.469 e. The maximum atomic E-state index is 11.2. The Morgan fingerprint density at radius 3 is 1.97 bits per heavy atom. The Kier molecular flexibility index (Phi) is 9.83. The summed E-state index contributed by atoms with van der Waals surface area (Å²) in [6.45, 7) is 8.22. The highest BCUT2D eigenvalue weighted by atomic mass is 16.5. The van der Waals surface area contributed by atoms with Crippen molar-refractivity contribution >= 4 is 17.5 Å². The molecule has 3 aromatic heterocycles. The molecule has 0 amide bonds. The second-order valence-corrected chi connectivity index (χ2v) is 6.59. The van der Waals surface area contributed by atoms with Crippen LogP contribution in [0.1, 0.15) is 43.1 Å². The van der Waals surface area contributed by atoms with Crippen molar-refractivity contribution in [2.24, 2.45) is 0 Å². The van der Waals surface area contributed by atoms with Crippen LogP contribution in [0.25, 0.3) is 11.3 Å². The maximum Gasteiger partial charge on any atom is 0.368 e. The van der Waals surface area contributed by atoms with Crippen LogP contribution in [0, 0.1) is 20.8 Å². The van der Waals surface area contributed by atoms with Crippen LogP contribution in [0.5, 0.6) is 0 Å². The fraction of sp³-hybridized carbons (Fsp3) is 0.400. The summed E-state index contributed by atoms with van der Waals surface area (Å²) in [4.78, 5) is 42.0.